The van der Waals surface area contributed by atoms with Crippen molar-refractivity contribution in [2.75, 3.05) is 0 Å². The number of aliphatic carboxylic acids is 1. The highest BCUT2D eigenvalue weighted by molar-refractivity contribution is 5.89. The Morgan fingerprint density at radius 1 is 1.20 bits per heavy atom. The summed E-state index contributed by atoms with van der Waals surface area (Å²) in [6, 6.07) is 0. The molecule has 0 heterocycles. The average molecular weight is 274 g/mol. The van der Waals surface area contributed by atoms with Gasteiger partial charge < -0.3 is 5.11 Å². The van der Waals surface area contributed by atoms with Crippen molar-refractivity contribution in [3.05, 3.63) is 22.8 Å². The van der Waals surface area contributed by atoms with Crippen molar-refractivity contribution in [1.82, 2.24) is 0 Å². The molecule has 0 aliphatic heterocycles. The molecule has 0 bridgehead atoms. The lowest BCUT2D eigenvalue weighted by Crippen LogP contribution is -2.31. The summed E-state index contributed by atoms with van der Waals surface area (Å²) in [7, 11) is 0. The molecular formula is C18H26O2. The van der Waals surface area contributed by atoms with Crippen LogP contribution >= 0.6 is 0 Å². The quantitative estimate of drug-likeness (QED) is 0.591. The maximum absolute atomic E-state index is 11.6. The van der Waals surface area contributed by atoms with Crippen LogP contribution in [0.5, 0.6) is 0 Å². The Hall–Kier alpha value is -1.05. The first kappa shape index (κ1) is 13.9. The predicted octanol–water partition coefficient (Wildman–Crippen LogP) is 4.57. The summed E-state index contributed by atoms with van der Waals surface area (Å²) in [6.07, 6.45) is 10.1. The van der Waals surface area contributed by atoms with Gasteiger partial charge in [-0.05, 0) is 42.9 Å². The topological polar surface area (TPSA) is 37.3 Å². The number of carboxylic acid groups (broad SMARTS) is 1. The van der Waals surface area contributed by atoms with E-state index in [9.17, 15) is 9.90 Å². The highest BCUT2D eigenvalue weighted by atomic mass is 16.4. The largest absolute Gasteiger partial charge is 0.478 e. The number of carbonyl (C=O) groups is 1. The summed E-state index contributed by atoms with van der Waals surface area (Å²) in [5.41, 5.74) is 3.27. The third kappa shape index (κ3) is 2.23. The van der Waals surface area contributed by atoms with Gasteiger partial charge in [0.1, 0.15) is 0 Å². The van der Waals surface area contributed by atoms with Crippen molar-refractivity contribution < 1.29 is 9.90 Å². The molecule has 0 spiro atoms. The number of allylic oxidation sites excluding steroid dienone is 3. The molecule has 2 heteroatoms. The van der Waals surface area contributed by atoms with Gasteiger partial charge in [-0.15, -0.1) is 0 Å². The normalized spacial score (nSPS) is 32.6. The van der Waals surface area contributed by atoms with E-state index in [1.165, 1.54) is 37.7 Å². The number of hydrogen-bond donors (Lipinski definition) is 1. The van der Waals surface area contributed by atoms with Crippen LogP contribution < -0.4 is 0 Å². The van der Waals surface area contributed by atoms with Gasteiger partial charge in [-0.3, -0.25) is 0 Å². The van der Waals surface area contributed by atoms with Crippen molar-refractivity contribution in [2.45, 2.75) is 59.3 Å². The minimum atomic E-state index is -0.714. The Kier molecular flexibility index (Phi) is 3.30. The molecule has 2 nitrogen and oxygen atoms in total. The minimum absolute atomic E-state index is 0.254. The smallest absolute Gasteiger partial charge is 0.332 e. The molecule has 0 unspecified atom stereocenters. The zero-order chi connectivity index (χ0) is 14.5. The van der Waals surface area contributed by atoms with Crippen molar-refractivity contribution in [3.8, 4) is 0 Å². The Morgan fingerprint density at radius 3 is 2.40 bits per heavy atom. The third-order valence-corrected chi connectivity index (χ3v) is 5.45. The van der Waals surface area contributed by atoms with E-state index >= 15 is 0 Å². The van der Waals surface area contributed by atoms with Gasteiger partial charge in [0.2, 0.25) is 0 Å². The summed E-state index contributed by atoms with van der Waals surface area (Å²) in [5.74, 6) is 1.24. The van der Waals surface area contributed by atoms with Gasteiger partial charge in [0, 0.05) is 11.5 Å². The van der Waals surface area contributed by atoms with Crippen molar-refractivity contribution in [3.63, 3.8) is 0 Å². The second-order valence-electron chi connectivity index (χ2n) is 7.87. The number of rotatable bonds is 2. The molecule has 2 saturated carbocycles. The molecule has 0 radical (unpaired) electrons. The van der Waals surface area contributed by atoms with Crippen LogP contribution in [-0.4, -0.2) is 11.1 Å². The fourth-order valence-corrected chi connectivity index (χ4v) is 4.51. The van der Waals surface area contributed by atoms with Crippen LogP contribution in [0.25, 0.3) is 0 Å². The lowest BCUT2D eigenvalue weighted by molar-refractivity contribution is -0.133. The second kappa shape index (κ2) is 4.75. The van der Waals surface area contributed by atoms with Gasteiger partial charge in [0.05, 0.1) is 0 Å². The van der Waals surface area contributed by atoms with E-state index in [2.05, 4.69) is 6.08 Å². The standard InChI is InChI=1S/C18H26O2/c1-18(2,3)16(17(19)20)15-10-13-8-12(9-14(13)15)11-6-4-5-7-11/h9,11,13-14H,4-8,10H2,1-3H3,(H,19,20)/t13-,14+/m1/s1. The summed E-state index contributed by atoms with van der Waals surface area (Å²) >= 11 is 0. The first-order chi connectivity index (χ1) is 9.38. The van der Waals surface area contributed by atoms with Crippen LogP contribution in [-0.2, 0) is 4.79 Å². The molecule has 20 heavy (non-hydrogen) atoms. The summed E-state index contributed by atoms with van der Waals surface area (Å²) < 4.78 is 0. The Balaban J connectivity index is 1.86. The zero-order valence-corrected chi connectivity index (χ0v) is 12.9. The highest BCUT2D eigenvalue weighted by Gasteiger charge is 2.45. The Morgan fingerprint density at radius 2 is 1.85 bits per heavy atom. The lowest BCUT2D eigenvalue weighted by Gasteiger charge is -2.38. The van der Waals surface area contributed by atoms with Crippen LogP contribution in [0.4, 0.5) is 0 Å². The Labute approximate surface area is 122 Å². The van der Waals surface area contributed by atoms with E-state index < -0.39 is 5.97 Å². The predicted molar refractivity (Wildman–Crippen MR) is 80.4 cm³/mol. The van der Waals surface area contributed by atoms with Gasteiger partial charge in [-0.2, -0.15) is 0 Å². The van der Waals surface area contributed by atoms with E-state index in [1.807, 2.05) is 20.8 Å². The van der Waals surface area contributed by atoms with Crippen molar-refractivity contribution >= 4 is 5.97 Å². The molecule has 3 rings (SSSR count). The SMILES string of the molecule is CC(C)(C)C(C(=O)O)=C1C[C@H]2CC(C3CCCC3)=C[C@H]12. The van der Waals surface area contributed by atoms with E-state index in [1.54, 1.807) is 5.57 Å². The van der Waals surface area contributed by atoms with Crippen LogP contribution in [0.3, 0.4) is 0 Å². The van der Waals surface area contributed by atoms with Crippen LogP contribution in [0, 0.1) is 23.2 Å². The molecule has 2 fully saturated rings. The summed E-state index contributed by atoms with van der Waals surface area (Å²) in [5, 5.41) is 9.56. The summed E-state index contributed by atoms with van der Waals surface area (Å²) in [4.78, 5) is 11.6. The molecule has 0 aromatic rings. The van der Waals surface area contributed by atoms with Gasteiger partial charge in [0.15, 0.2) is 0 Å². The van der Waals surface area contributed by atoms with Crippen molar-refractivity contribution in [1.29, 1.82) is 0 Å². The maximum atomic E-state index is 11.6. The second-order valence-corrected chi connectivity index (χ2v) is 7.87. The van der Waals surface area contributed by atoms with Crippen LogP contribution in [0.1, 0.15) is 59.3 Å². The molecule has 1 N–H and O–H groups in total. The maximum Gasteiger partial charge on any atom is 0.332 e. The summed E-state index contributed by atoms with van der Waals surface area (Å²) in [6.45, 7) is 6.06. The van der Waals surface area contributed by atoms with E-state index in [0.29, 0.717) is 17.4 Å². The fraction of sp³-hybridized carbons (Fsp3) is 0.722. The molecule has 0 aromatic carbocycles. The molecule has 0 saturated heterocycles. The number of fused-ring (bicyclic) bond motifs is 1. The minimum Gasteiger partial charge on any atom is -0.478 e. The van der Waals surface area contributed by atoms with Gasteiger partial charge in [-0.25, -0.2) is 4.79 Å². The van der Waals surface area contributed by atoms with Gasteiger partial charge in [0.25, 0.3) is 0 Å². The van der Waals surface area contributed by atoms with E-state index in [-0.39, 0.29) is 5.41 Å². The van der Waals surface area contributed by atoms with Crippen molar-refractivity contribution in [2.24, 2.45) is 23.2 Å². The van der Waals surface area contributed by atoms with E-state index in [0.717, 1.165) is 12.3 Å². The Bertz CT molecular complexity index is 484. The average Bonchev–Trinajstić information content (AvgIpc) is 2.90. The molecule has 0 aromatic heterocycles. The third-order valence-electron chi connectivity index (χ3n) is 5.45. The fourth-order valence-electron chi connectivity index (χ4n) is 4.51. The first-order valence-corrected chi connectivity index (χ1v) is 8.05. The first-order valence-electron chi connectivity index (χ1n) is 8.05. The lowest BCUT2D eigenvalue weighted by atomic mass is 9.65. The highest BCUT2D eigenvalue weighted by Crippen LogP contribution is 2.55. The van der Waals surface area contributed by atoms with Crippen LogP contribution in [0.15, 0.2) is 22.8 Å². The molecule has 110 valence electrons. The van der Waals surface area contributed by atoms with Crippen LogP contribution in [0.2, 0.25) is 0 Å². The molecule has 2 atom stereocenters. The monoisotopic (exact) mass is 274 g/mol. The molecule has 3 aliphatic rings. The van der Waals surface area contributed by atoms with E-state index in [4.69, 9.17) is 0 Å². The molecule has 3 aliphatic carbocycles. The van der Waals surface area contributed by atoms with Gasteiger partial charge >= 0.3 is 5.97 Å². The molecular weight excluding hydrogens is 248 g/mol. The zero-order valence-electron chi connectivity index (χ0n) is 12.9. The van der Waals surface area contributed by atoms with Gasteiger partial charge in [-0.1, -0.05) is 50.8 Å². The molecule has 0 amide bonds. The number of hydrogen-bond acceptors (Lipinski definition) is 1. The number of carboxylic acids is 1.